The molecule has 0 aliphatic rings. The third kappa shape index (κ3) is 2.69. The van der Waals surface area contributed by atoms with Gasteiger partial charge in [0.1, 0.15) is 5.52 Å². The van der Waals surface area contributed by atoms with Gasteiger partial charge in [-0.2, -0.15) is 10.1 Å². The fourth-order valence-corrected chi connectivity index (χ4v) is 2.54. The number of nitrogens with one attached hydrogen (secondary N) is 2. The second-order valence-corrected chi connectivity index (χ2v) is 5.27. The van der Waals surface area contributed by atoms with Crippen molar-refractivity contribution in [2.45, 2.75) is 0 Å². The van der Waals surface area contributed by atoms with Crippen LogP contribution in [0.15, 0.2) is 47.6 Å². The van der Waals surface area contributed by atoms with E-state index < -0.39 is 0 Å². The van der Waals surface area contributed by atoms with Gasteiger partial charge < -0.3 is 14.8 Å². The van der Waals surface area contributed by atoms with Gasteiger partial charge in [-0.25, -0.2) is 5.43 Å². The van der Waals surface area contributed by atoms with E-state index in [0.29, 0.717) is 22.5 Å². The van der Waals surface area contributed by atoms with Crippen LogP contribution in [0, 0.1) is 0 Å². The molecule has 0 saturated heterocycles. The Hall–Kier alpha value is -3.68. The third-order valence-electron chi connectivity index (χ3n) is 3.74. The summed E-state index contributed by atoms with van der Waals surface area (Å²) in [5.74, 6) is 0.639. The quantitative estimate of drug-likeness (QED) is 0.391. The van der Waals surface area contributed by atoms with Gasteiger partial charge in [0, 0.05) is 16.5 Å². The van der Waals surface area contributed by atoms with E-state index >= 15 is 0 Å². The van der Waals surface area contributed by atoms with Gasteiger partial charge >= 0.3 is 0 Å². The molecule has 0 unspecified atom stereocenters. The number of rotatable bonds is 4. The number of aromatic amines is 1. The molecule has 25 heavy (non-hydrogen) atoms. The monoisotopic (exact) mass is 334 g/mol. The Morgan fingerprint density at radius 2 is 2.04 bits per heavy atom. The molecule has 2 aromatic carbocycles. The number of phenolic OH excluding ortho intramolecular Hbond substituents is 1. The number of benzene rings is 2. The molecule has 2 heterocycles. The highest BCUT2D eigenvalue weighted by Crippen LogP contribution is 2.28. The fourth-order valence-electron chi connectivity index (χ4n) is 2.54. The van der Waals surface area contributed by atoms with Crippen LogP contribution in [0.4, 0.5) is 5.95 Å². The highest BCUT2D eigenvalue weighted by atomic mass is 16.5. The van der Waals surface area contributed by atoms with Crippen LogP contribution in [-0.2, 0) is 0 Å². The minimum atomic E-state index is 0.0145. The van der Waals surface area contributed by atoms with Gasteiger partial charge in [-0.3, -0.25) is 0 Å². The number of aromatic nitrogens is 4. The molecule has 8 heteroatoms. The maximum Gasteiger partial charge on any atom is 0.265 e. The van der Waals surface area contributed by atoms with E-state index in [9.17, 15) is 5.11 Å². The number of hydrogen-bond donors (Lipinski definition) is 3. The molecule has 0 aliphatic carbocycles. The number of aromatic hydroxyl groups is 1. The Morgan fingerprint density at radius 1 is 1.16 bits per heavy atom. The van der Waals surface area contributed by atoms with Gasteiger partial charge in [0.25, 0.3) is 5.95 Å². The smallest absolute Gasteiger partial charge is 0.265 e. The van der Waals surface area contributed by atoms with Crippen molar-refractivity contribution in [1.82, 2.24) is 20.2 Å². The first-order chi connectivity index (χ1) is 12.3. The zero-order valence-electron chi connectivity index (χ0n) is 13.3. The number of methoxy groups -OCH3 is 1. The summed E-state index contributed by atoms with van der Waals surface area (Å²) in [6, 6.07) is 12.9. The molecule has 0 amide bonds. The summed E-state index contributed by atoms with van der Waals surface area (Å²) in [6.45, 7) is 0. The molecule has 0 saturated carbocycles. The Labute approximate surface area is 142 Å². The van der Waals surface area contributed by atoms with E-state index in [1.807, 2.05) is 24.3 Å². The first-order valence-corrected chi connectivity index (χ1v) is 7.52. The standard InChI is InChI=1S/C17H14N6O2/c1-25-13-8-4-5-10(15(13)24)9-18-22-17-20-16-14(21-23-17)11-6-2-3-7-12(11)19-16/h2-9,24H,1H3,(H2,19,20,22,23)/b18-9-. The Morgan fingerprint density at radius 3 is 2.92 bits per heavy atom. The van der Waals surface area contributed by atoms with Crippen molar-refractivity contribution in [1.29, 1.82) is 0 Å². The van der Waals surface area contributed by atoms with Crippen molar-refractivity contribution >= 4 is 34.2 Å². The van der Waals surface area contributed by atoms with Crippen LogP contribution in [0.1, 0.15) is 5.56 Å². The summed E-state index contributed by atoms with van der Waals surface area (Å²) in [4.78, 5) is 7.55. The second kappa shape index (κ2) is 6.08. The lowest BCUT2D eigenvalue weighted by atomic mass is 10.2. The largest absolute Gasteiger partial charge is 0.504 e. The van der Waals surface area contributed by atoms with Crippen LogP contribution in [0.3, 0.4) is 0 Å². The average Bonchev–Trinajstić information content (AvgIpc) is 3.01. The highest BCUT2D eigenvalue weighted by molar-refractivity contribution is 6.03. The number of fused-ring (bicyclic) bond motifs is 3. The molecule has 4 rings (SSSR count). The molecule has 0 radical (unpaired) electrons. The molecule has 0 fully saturated rings. The van der Waals surface area contributed by atoms with Crippen LogP contribution in [0.5, 0.6) is 11.5 Å². The number of ether oxygens (including phenoxy) is 1. The lowest BCUT2D eigenvalue weighted by Gasteiger charge is -2.04. The molecule has 0 atom stereocenters. The van der Waals surface area contributed by atoms with Crippen molar-refractivity contribution in [3.8, 4) is 11.5 Å². The minimum Gasteiger partial charge on any atom is -0.504 e. The topological polar surface area (TPSA) is 108 Å². The fraction of sp³-hybridized carbons (Fsp3) is 0.0588. The summed E-state index contributed by atoms with van der Waals surface area (Å²) < 4.78 is 5.06. The average molecular weight is 334 g/mol. The highest BCUT2D eigenvalue weighted by Gasteiger charge is 2.08. The number of phenols is 1. The molecule has 124 valence electrons. The molecule has 0 aliphatic heterocycles. The normalized spacial score (nSPS) is 11.4. The molecule has 8 nitrogen and oxygen atoms in total. The maximum absolute atomic E-state index is 10.0. The molecular formula is C17H14N6O2. The summed E-state index contributed by atoms with van der Waals surface area (Å²) in [6.07, 6.45) is 1.45. The van der Waals surface area contributed by atoms with Crippen LogP contribution < -0.4 is 10.2 Å². The van der Waals surface area contributed by atoms with Crippen LogP contribution >= 0.6 is 0 Å². The van der Waals surface area contributed by atoms with Gasteiger partial charge in [-0.15, -0.1) is 10.2 Å². The predicted molar refractivity (Wildman–Crippen MR) is 95.1 cm³/mol. The molecule has 3 N–H and O–H groups in total. The summed E-state index contributed by atoms with van der Waals surface area (Å²) in [5.41, 5.74) is 5.49. The first-order valence-electron chi connectivity index (χ1n) is 7.52. The van der Waals surface area contributed by atoms with Crippen LogP contribution in [0.25, 0.3) is 22.1 Å². The lowest BCUT2D eigenvalue weighted by Crippen LogP contribution is -1.99. The van der Waals surface area contributed by atoms with Crippen molar-refractivity contribution < 1.29 is 9.84 Å². The van der Waals surface area contributed by atoms with E-state index in [0.717, 1.165) is 10.9 Å². The zero-order chi connectivity index (χ0) is 17.2. The van der Waals surface area contributed by atoms with E-state index in [-0.39, 0.29) is 11.7 Å². The minimum absolute atomic E-state index is 0.0145. The number of H-pyrrole nitrogens is 1. The Kier molecular flexibility index (Phi) is 3.62. The third-order valence-corrected chi connectivity index (χ3v) is 3.74. The van der Waals surface area contributed by atoms with Gasteiger partial charge in [0.05, 0.1) is 13.3 Å². The van der Waals surface area contributed by atoms with E-state index in [2.05, 4.69) is 30.7 Å². The van der Waals surface area contributed by atoms with Gasteiger partial charge in [-0.1, -0.05) is 24.3 Å². The van der Waals surface area contributed by atoms with Gasteiger partial charge in [-0.05, 0) is 18.2 Å². The number of hydrogen-bond acceptors (Lipinski definition) is 7. The molecule has 0 spiro atoms. The molecule has 4 aromatic rings. The Bertz CT molecular complexity index is 1090. The predicted octanol–water partition coefficient (Wildman–Crippen LogP) is 2.67. The number of nitrogens with zero attached hydrogens (tertiary/aromatic N) is 4. The van der Waals surface area contributed by atoms with Crippen LogP contribution in [0.2, 0.25) is 0 Å². The number of hydrazone groups is 1. The van der Waals surface area contributed by atoms with Crippen molar-refractivity contribution in [2.75, 3.05) is 12.5 Å². The Balaban J connectivity index is 1.60. The van der Waals surface area contributed by atoms with E-state index in [1.165, 1.54) is 13.3 Å². The summed E-state index contributed by atoms with van der Waals surface area (Å²) in [7, 11) is 1.49. The van der Waals surface area contributed by atoms with E-state index in [1.54, 1.807) is 18.2 Å². The molecule has 0 bridgehead atoms. The van der Waals surface area contributed by atoms with Gasteiger partial charge in [0.15, 0.2) is 17.1 Å². The summed E-state index contributed by atoms with van der Waals surface area (Å²) >= 11 is 0. The number of anilines is 1. The van der Waals surface area contributed by atoms with Gasteiger partial charge in [0.2, 0.25) is 0 Å². The van der Waals surface area contributed by atoms with Crippen LogP contribution in [-0.4, -0.2) is 38.6 Å². The van der Waals surface area contributed by atoms with Crippen molar-refractivity contribution in [3.05, 3.63) is 48.0 Å². The second-order valence-electron chi connectivity index (χ2n) is 5.27. The maximum atomic E-state index is 10.0. The van der Waals surface area contributed by atoms with Crippen molar-refractivity contribution in [2.24, 2.45) is 5.10 Å². The van der Waals surface area contributed by atoms with E-state index in [4.69, 9.17) is 4.74 Å². The molecule has 2 aromatic heterocycles. The lowest BCUT2D eigenvalue weighted by molar-refractivity contribution is 0.373. The first kappa shape index (κ1) is 14.9. The van der Waals surface area contributed by atoms with Crippen molar-refractivity contribution in [3.63, 3.8) is 0 Å². The number of para-hydroxylation sites is 2. The molecular weight excluding hydrogens is 320 g/mol. The zero-order valence-corrected chi connectivity index (χ0v) is 13.3. The SMILES string of the molecule is COc1cccc(/C=N\Nc2nnc3c(n2)[nH]c2ccccc23)c1O. The summed E-state index contributed by atoms with van der Waals surface area (Å²) in [5, 5.41) is 23.2.